The number of amides is 2. The first kappa shape index (κ1) is 19.6. The van der Waals surface area contributed by atoms with E-state index in [-0.39, 0.29) is 12.3 Å². The Kier molecular flexibility index (Phi) is 8.49. The molecule has 0 spiro atoms. The van der Waals surface area contributed by atoms with Gasteiger partial charge in [0.25, 0.3) is 0 Å². The molecule has 0 atom stereocenters. The van der Waals surface area contributed by atoms with Gasteiger partial charge in [0.15, 0.2) is 0 Å². The number of hydrogen-bond acceptors (Lipinski definition) is 5. The molecule has 0 aliphatic carbocycles. The van der Waals surface area contributed by atoms with E-state index in [0.29, 0.717) is 24.4 Å². The molecule has 132 valence electrons. The van der Waals surface area contributed by atoms with E-state index in [2.05, 4.69) is 10.6 Å². The molecular formula is C17H25N3O4. The first-order chi connectivity index (χ1) is 11.4. The van der Waals surface area contributed by atoms with Gasteiger partial charge in [0.05, 0.1) is 12.2 Å². The fraction of sp³-hybridized carbons (Fsp3) is 0.471. The maximum Gasteiger partial charge on any atom is 0.338 e. The molecule has 2 amide bonds. The van der Waals surface area contributed by atoms with Gasteiger partial charge in [-0.2, -0.15) is 0 Å². The Bertz CT molecular complexity index is 555. The van der Waals surface area contributed by atoms with Crippen molar-refractivity contribution in [2.75, 3.05) is 39.1 Å². The molecule has 0 saturated heterocycles. The SMILES string of the molecule is CCOC(=O)c1ccc(NC(=O)CC(=O)NCCCN(C)C)cc1. The molecule has 0 heterocycles. The third-order valence-electron chi connectivity index (χ3n) is 3.11. The zero-order chi connectivity index (χ0) is 17.9. The van der Waals surface area contributed by atoms with Crippen LogP contribution in [0, 0.1) is 0 Å². The first-order valence-electron chi connectivity index (χ1n) is 7.90. The lowest BCUT2D eigenvalue weighted by molar-refractivity contribution is -0.126. The highest BCUT2D eigenvalue weighted by atomic mass is 16.5. The Morgan fingerprint density at radius 3 is 2.33 bits per heavy atom. The molecule has 0 aliphatic rings. The lowest BCUT2D eigenvalue weighted by Gasteiger charge is -2.10. The average molecular weight is 335 g/mol. The summed E-state index contributed by atoms with van der Waals surface area (Å²) in [5.74, 6) is -1.12. The molecule has 24 heavy (non-hydrogen) atoms. The van der Waals surface area contributed by atoms with Crippen LogP contribution in [0.2, 0.25) is 0 Å². The van der Waals surface area contributed by atoms with E-state index >= 15 is 0 Å². The van der Waals surface area contributed by atoms with Gasteiger partial charge >= 0.3 is 5.97 Å². The number of carbonyl (C=O) groups excluding carboxylic acids is 3. The minimum Gasteiger partial charge on any atom is -0.462 e. The number of anilines is 1. The van der Waals surface area contributed by atoms with Crippen LogP contribution in [0.5, 0.6) is 0 Å². The molecular weight excluding hydrogens is 310 g/mol. The molecule has 0 aliphatic heterocycles. The molecule has 1 rings (SSSR count). The zero-order valence-electron chi connectivity index (χ0n) is 14.4. The molecule has 7 heteroatoms. The Balaban J connectivity index is 2.36. The lowest BCUT2D eigenvalue weighted by atomic mass is 10.2. The van der Waals surface area contributed by atoms with Crippen LogP contribution in [0.4, 0.5) is 5.69 Å². The van der Waals surface area contributed by atoms with Crippen molar-refractivity contribution in [3.63, 3.8) is 0 Å². The van der Waals surface area contributed by atoms with Crippen LogP contribution in [0.15, 0.2) is 24.3 Å². The second-order valence-electron chi connectivity index (χ2n) is 5.53. The van der Waals surface area contributed by atoms with Crippen molar-refractivity contribution in [3.05, 3.63) is 29.8 Å². The molecule has 0 bridgehead atoms. The van der Waals surface area contributed by atoms with E-state index in [1.54, 1.807) is 31.2 Å². The maximum absolute atomic E-state index is 11.8. The summed E-state index contributed by atoms with van der Waals surface area (Å²) >= 11 is 0. The Morgan fingerprint density at radius 1 is 1.08 bits per heavy atom. The summed E-state index contributed by atoms with van der Waals surface area (Å²) in [7, 11) is 3.92. The molecule has 7 nitrogen and oxygen atoms in total. The summed E-state index contributed by atoms with van der Waals surface area (Å²) in [4.78, 5) is 37.0. The van der Waals surface area contributed by atoms with Gasteiger partial charge in [-0.15, -0.1) is 0 Å². The highest BCUT2D eigenvalue weighted by Crippen LogP contribution is 2.11. The Hall–Kier alpha value is -2.41. The van der Waals surface area contributed by atoms with Crippen molar-refractivity contribution in [3.8, 4) is 0 Å². The average Bonchev–Trinajstić information content (AvgIpc) is 2.52. The number of nitrogens with zero attached hydrogens (tertiary/aromatic N) is 1. The first-order valence-corrected chi connectivity index (χ1v) is 7.90. The maximum atomic E-state index is 11.8. The topological polar surface area (TPSA) is 87.7 Å². The van der Waals surface area contributed by atoms with Crippen LogP contribution < -0.4 is 10.6 Å². The van der Waals surface area contributed by atoms with Gasteiger partial charge in [-0.25, -0.2) is 4.79 Å². The third-order valence-corrected chi connectivity index (χ3v) is 3.11. The predicted molar refractivity (Wildman–Crippen MR) is 91.8 cm³/mol. The van der Waals surface area contributed by atoms with Crippen LogP contribution in [-0.2, 0) is 14.3 Å². The largest absolute Gasteiger partial charge is 0.462 e. The zero-order valence-corrected chi connectivity index (χ0v) is 14.4. The normalized spacial score (nSPS) is 10.3. The van der Waals surface area contributed by atoms with E-state index in [1.807, 2.05) is 19.0 Å². The summed E-state index contributed by atoms with van der Waals surface area (Å²) in [6.07, 6.45) is 0.595. The van der Waals surface area contributed by atoms with Gasteiger partial charge in [-0.05, 0) is 58.3 Å². The van der Waals surface area contributed by atoms with Gasteiger partial charge in [0, 0.05) is 12.2 Å². The van der Waals surface area contributed by atoms with Crippen molar-refractivity contribution < 1.29 is 19.1 Å². The van der Waals surface area contributed by atoms with E-state index in [9.17, 15) is 14.4 Å². The van der Waals surface area contributed by atoms with Crippen molar-refractivity contribution in [2.45, 2.75) is 19.8 Å². The van der Waals surface area contributed by atoms with Gasteiger partial charge in [0.2, 0.25) is 11.8 Å². The van der Waals surface area contributed by atoms with E-state index in [1.165, 1.54) is 0 Å². The van der Waals surface area contributed by atoms with Crippen LogP contribution in [0.3, 0.4) is 0 Å². The van der Waals surface area contributed by atoms with Crippen LogP contribution in [0.1, 0.15) is 30.1 Å². The smallest absolute Gasteiger partial charge is 0.338 e. The van der Waals surface area contributed by atoms with Gasteiger partial charge in [-0.1, -0.05) is 0 Å². The van der Waals surface area contributed by atoms with Crippen molar-refractivity contribution in [1.29, 1.82) is 0 Å². The minimum atomic E-state index is -0.410. The molecule has 2 N–H and O–H groups in total. The van der Waals surface area contributed by atoms with Crippen molar-refractivity contribution in [1.82, 2.24) is 10.2 Å². The van der Waals surface area contributed by atoms with E-state index < -0.39 is 11.9 Å². The molecule has 0 radical (unpaired) electrons. The summed E-state index contributed by atoms with van der Waals surface area (Å²) in [5.41, 5.74) is 0.932. The fourth-order valence-corrected chi connectivity index (χ4v) is 1.94. The third kappa shape index (κ3) is 7.73. The Labute approximate surface area is 142 Å². The van der Waals surface area contributed by atoms with Crippen molar-refractivity contribution in [2.24, 2.45) is 0 Å². The second kappa shape index (κ2) is 10.4. The highest BCUT2D eigenvalue weighted by molar-refractivity contribution is 6.03. The lowest BCUT2D eigenvalue weighted by Crippen LogP contribution is -2.30. The molecule has 0 aromatic heterocycles. The number of carbonyl (C=O) groups is 3. The van der Waals surface area contributed by atoms with Crippen molar-refractivity contribution >= 4 is 23.5 Å². The number of hydrogen-bond donors (Lipinski definition) is 2. The molecule has 0 saturated carbocycles. The van der Waals surface area contributed by atoms with Gasteiger partial charge < -0.3 is 20.3 Å². The quantitative estimate of drug-likeness (QED) is 0.403. The summed E-state index contributed by atoms with van der Waals surface area (Å²) in [5, 5.41) is 5.32. The van der Waals surface area contributed by atoms with E-state index in [0.717, 1.165) is 13.0 Å². The molecule has 1 aromatic carbocycles. The summed E-state index contributed by atoms with van der Waals surface area (Å²) < 4.78 is 4.88. The second-order valence-corrected chi connectivity index (χ2v) is 5.53. The Morgan fingerprint density at radius 2 is 1.75 bits per heavy atom. The van der Waals surface area contributed by atoms with E-state index in [4.69, 9.17) is 4.74 Å². The van der Waals surface area contributed by atoms with Gasteiger partial charge in [0.1, 0.15) is 6.42 Å². The number of nitrogens with one attached hydrogen (secondary N) is 2. The van der Waals surface area contributed by atoms with Crippen LogP contribution in [0.25, 0.3) is 0 Å². The minimum absolute atomic E-state index is 0.235. The summed E-state index contributed by atoms with van der Waals surface area (Å²) in [6.45, 7) is 3.46. The monoisotopic (exact) mass is 335 g/mol. The summed E-state index contributed by atoms with van der Waals surface area (Å²) in [6, 6.07) is 6.32. The standard InChI is InChI=1S/C17H25N3O4/c1-4-24-17(23)13-6-8-14(9-7-13)19-16(22)12-15(21)18-10-5-11-20(2)3/h6-9H,4-5,10-12H2,1-3H3,(H,18,21)(H,19,22). The number of ether oxygens (including phenoxy) is 1. The molecule has 1 aromatic rings. The van der Waals surface area contributed by atoms with Gasteiger partial charge in [-0.3, -0.25) is 9.59 Å². The number of rotatable bonds is 9. The molecule has 0 fully saturated rings. The molecule has 0 unspecified atom stereocenters. The number of esters is 1. The fourth-order valence-electron chi connectivity index (χ4n) is 1.94. The van der Waals surface area contributed by atoms with Crippen LogP contribution >= 0.6 is 0 Å². The predicted octanol–water partition coefficient (Wildman–Crippen LogP) is 1.26. The highest BCUT2D eigenvalue weighted by Gasteiger charge is 2.10. The number of benzene rings is 1. The van der Waals surface area contributed by atoms with Crippen LogP contribution in [-0.4, -0.2) is 56.5 Å².